The summed E-state index contributed by atoms with van der Waals surface area (Å²) in [6.45, 7) is -2.92. The summed E-state index contributed by atoms with van der Waals surface area (Å²) in [5.41, 5.74) is 2.87. The number of rotatable bonds is 7. The fraction of sp³-hybridized carbons (Fsp3) is 0.550. The molecule has 0 amide bonds. The molecule has 1 fully saturated rings. The van der Waals surface area contributed by atoms with E-state index in [4.69, 9.17) is 22.2 Å². The third kappa shape index (κ3) is 3.81. The lowest BCUT2D eigenvalue weighted by molar-refractivity contribution is -0.147. The lowest BCUT2D eigenvalue weighted by Crippen LogP contribution is -2.51. The van der Waals surface area contributed by atoms with Gasteiger partial charge in [-0.25, -0.2) is 0 Å². The van der Waals surface area contributed by atoms with Crippen LogP contribution in [0.3, 0.4) is 0 Å². The minimum atomic E-state index is -3.49. The molecule has 0 unspecified atom stereocenters. The van der Waals surface area contributed by atoms with Gasteiger partial charge in [-0.2, -0.15) is 0 Å². The average Bonchev–Trinajstić information content (AvgIpc) is 2.62. The Morgan fingerprint density at radius 3 is 3.08 bits per heavy atom. The van der Waals surface area contributed by atoms with E-state index in [0.717, 1.165) is 16.7 Å². The van der Waals surface area contributed by atoms with Crippen LogP contribution in [0.4, 0.5) is 0 Å². The number of likely N-dealkylation sites (tertiary alicyclic amines) is 1. The van der Waals surface area contributed by atoms with Crippen molar-refractivity contribution in [3.63, 3.8) is 0 Å². The Hall–Kier alpha value is -1.81. The van der Waals surface area contributed by atoms with Crippen LogP contribution >= 0.6 is 0 Å². The van der Waals surface area contributed by atoms with Crippen LogP contribution in [0.2, 0.25) is 0 Å². The van der Waals surface area contributed by atoms with Gasteiger partial charge in [-0.3, -0.25) is 9.69 Å². The fourth-order valence-corrected chi connectivity index (χ4v) is 3.19. The number of aliphatic carboxylic acids is 1. The monoisotopic (exact) mass is 338 g/mol. The maximum absolute atomic E-state index is 11.0. The lowest BCUT2D eigenvalue weighted by Gasteiger charge is -2.38. The molecule has 2 aliphatic rings. The summed E-state index contributed by atoms with van der Waals surface area (Å²) in [4.78, 5) is 13.1. The molecule has 0 saturated carbocycles. The zero-order chi connectivity index (χ0) is 25.0. The van der Waals surface area contributed by atoms with E-state index < -0.39 is 32.1 Å². The highest BCUT2D eigenvalue weighted by Crippen LogP contribution is 2.32. The highest BCUT2D eigenvalue weighted by atomic mass is 16.5. The number of hydrogen-bond acceptors (Lipinski definition) is 3. The third-order valence-corrected chi connectivity index (χ3v) is 4.61. The van der Waals surface area contributed by atoms with E-state index >= 15 is 0 Å². The molecular formula is C20H27NO3. The summed E-state index contributed by atoms with van der Waals surface area (Å²) < 4.78 is 74.1. The lowest BCUT2D eigenvalue weighted by atomic mass is 9.83. The first-order valence-corrected chi connectivity index (χ1v) is 7.94. The van der Waals surface area contributed by atoms with Crippen LogP contribution in [0.15, 0.2) is 23.8 Å². The summed E-state index contributed by atoms with van der Waals surface area (Å²) in [6.07, 6.45) is -4.34. The van der Waals surface area contributed by atoms with Gasteiger partial charge in [0, 0.05) is 29.2 Å². The van der Waals surface area contributed by atoms with Gasteiger partial charge in [0.2, 0.25) is 0 Å². The number of carboxylic acids is 1. The van der Waals surface area contributed by atoms with E-state index in [1.807, 2.05) is 13.0 Å². The molecule has 1 saturated heterocycles. The van der Waals surface area contributed by atoms with Gasteiger partial charge >= 0.3 is 5.97 Å². The zero-order valence-corrected chi connectivity index (χ0v) is 13.5. The van der Waals surface area contributed by atoms with Crippen LogP contribution in [0.25, 0.3) is 6.08 Å². The van der Waals surface area contributed by atoms with Crippen molar-refractivity contribution in [3.8, 4) is 5.75 Å². The quantitative estimate of drug-likeness (QED) is 0.827. The van der Waals surface area contributed by atoms with Crippen LogP contribution in [-0.2, 0) is 11.2 Å². The summed E-state index contributed by atoms with van der Waals surface area (Å²) in [7, 11) is 0. The number of benzene rings is 1. The zero-order valence-electron chi connectivity index (χ0n) is 22.5. The molecule has 1 aromatic carbocycles. The normalized spacial score (nSPS) is 28.8. The molecule has 4 nitrogen and oxygen atoms in total. The molecule has 0 aromatic heterocycles. The van der Waals surface area contributed by atoms with E-state index in [2.05, 4.69) is 4.90 Å². The third-order valence-electron chi connectivity index (χ3n) is 4.61. The first-order valence-electron chi connectivity index (χ1n) is 12.4. The van der Waals surface area contributed by atoms with E-state index in [-0.39, 0.29) is 17.6 Å². The number of carbonyl (C=O) groups is 1. The SMILES string of the molecule is [2H]C([2H])([2H])C([2H])([2H])C([2H])([2H])C([2H])([2H])Oc1ccc2c(c1)C[C@@H](C)C(CN1CC(C(=O)O)C1)=C2. The number of nitrogens with zero attached hydrogens (tertiary/aromatic N) is 1. The standard InChI is InChI=1S/C20H27NO3/c1-3-4-7-24-19-6-5-15-9-17(14(2)8-16(15)10-19)11-21-12-18(13-21)20(22)23/h5-6,9-10,14,18H,3-4,7-8,11-13H2,1-2H3,(H,22,23)/t14-/m1/s1/i1D3,3D2,4D2,7D2. The van der Waals surface area contributed by atoms with Crippen molar-refractivity contribution in [2.75, 3.05) is 26.2 Å². The molecule has 1 aromatic rings. The number of fused-ring (bicyclic) bond motifs is 1. The van der Waals surface area contributed by atoms with Gasteiger partial charge in [0.05, 0.1) is 15.2 Å². The Kier molecular flexibility index (Phi) is 2.78. The molecule has 1 heterocycles. The van der Waals surface area contributed by atoms with Crippen molar-refractivity contribution in [1.82, 2.24) is 4.90 Å². The van der Waals surface area contributed by atoms with Crippen molar-refractivity contribution in [1.29, 1.82) is 0 Å². The number of ether oxygens (including phenoxy) is 1. The van der Waals surface area contributed by atoms with Crippen molar-refractivity contribution >= 4 is 12.0 Å². The first kappa shape index (κ1) is 9.04. The average molecular weight is 338 g/mol. The fourth-order valence-electron chi connectivity index (χ4n) is 3.19. The highest BCUT2D eigenvalue weighted by Gasteiger charge is 2.33. The molecule has 0 bridgehead atoms. The van der Waals surface area contributed by atoms with Gasteiger partial charge in [0.15, 0.2) is 0 Å². The maximum Gasteiger partial charge on any atom is 0.309 e. The van der Waals surface area contributed by atoms with Gasteiger partial charge in [0.1, 0.15) is 5.75 Å². The molecule has 1 atom stereocenters. The molecule has 24 heavy (non-hydrogen) atoms. The van der Waals surface area contributed by atoms with Crippen LogP contribution in [0.1, 0.15) is 50.0 Å². The summed E-state index contributed by atoms with van der Waals surface area (Å²) in [5.74, 6) is -1.00. The second-order valence-corrected chi connectivity index (χ2v) is 6.37. The van der Waals surface area contributed by atoms with Crippen LogP contribution in [0.5, 0.6) is 5.75 Å². The van der Waals surface area contributed by atoms with E-state index in [0.29, 0.717) is 26.1 Å². The van der Waals surface area contributed by atoms with Crippen LogP contribution in [0, 0.1) is 11.8 Å². The Bertz CT molecular complexity index is 953. The molecule has 130 valence electrons. The summed E-state index contributed by atoms with van der Waals surface area (Å²) in [6, 6.07) is 4.69. The largest absolute Gasteiger partial charge is 0.494 e. The van der Waals surface area contributed by atoms with Crippen molar-refractivity contribution < 1.29 is 27.0 Å². The minimum Gasteiger partial charge on any atom is -0.494 e. The smallest absolute Gasteiger partial charge is 0.309 e. The van der Waals surface area contributed by atoms with E-state index in [1.165, 1.54) is 6.07 Å². The minimum absolute atomic E-state index is 0.0277. The molecule has 1 aliphatic heterocycles. The van der Waals surface area contributed by atoms with Gasteiger partial charge in [-0.15, -0.1) is 0 Å². The predicted molar refractivity (Wildman–Crippen MR) is 95.3 cm³/mol. The predicted octanol–water partition coefficient (Wildman–Crippen LogP) is 3.46. The topological polar surface area (TPSA) is 49.8 Å². The Labute approximate surface area is 156 Å². The first-order chi connectivity index (χ1) is 15.0. The van der Waals surface area contributed by atoms with Crippen molar-refractivity contribution in [2.24, 2.45) is 11.8 Å². The maximum atomic E-state index is 11.0. The molecule has 0 spiro atoms. The Morgan fingerprint density at radius 1 is 1.50 bits per heavy atom. The molecule has 4 heteroatoms. The van der Waals surface area contributed by atoms with Crippen LogP contribution in [-0.4, -0.2) is 42.2 Å². The summed E-state index contributed by atoms with van der Waals surface area (Å²) in [5, 5.41) is 9.03. The molecule has 1 N–H and O–H groups in total. The molecule has 1 aliphatic carbocycles. The van der Waals surface area contributed by atoms with Crippen LogP contribution < -0.4 is 4.74 Å². The highest BCUT2D eigenvalue weighted by molar-refractivity contribution is 5.71. The second kappa shape index (κ2) is 7.39. The molecule has 0 radical (unpaired) electrons. The van der Waals surface area contributed by atoms with Gasteiger partial charge in [-0.1, -0.05) is 37.9 Å². The van der Waals surface area contributed by atoms with Crippen molar-refractivity contribution in [2.45, 2.75) is 32.9 Å². The van der Waals surface area contributed by atoms with Crippen molar-refractivity contribution in [3.05, 3.63) is 34.9 Å². The van der Waals surface area contributed by atoms with E-state index in [1.54, 1.807) is 12.1 Å². The Balaban J connectivity index is 1.76. The van der Waals surface area contributed by atoms with Gasteiger partial charge in [0.25, 0.3) is 0 Å². The Morgan fingerprint density at radius 2 is 2.33 bits per heavy atom. The number of hydrogen-bond donors (Lipinski definition) is 1. The van der Waals surface area contributed by atoms with E-state index in [9.17, 15) is 4.79 Å². The molecule has 3 rings (SSSR count). The van der Waals surface area contributed by atoms with Gasteiger partial charge in [-0.05, 0) is 42.0 Å². The number of carboxylic acid groups (broad SMARTS) is 1. The summed E-state index contributed by atoms with van der Waals surface area (Å²) >= 11 is 0. The second-order valence-electron chi connectivity index (χ2n) is 6.37. The van der Waals surface area contributed by atoms with Gasteiger partial charge < -0.3 is 9.84 Å². The molecular weight excluding hydrogens is 302 g/mol.